The summed E-state index contributed by atoms with van der Waals surface area (Å²) in [6.45, 7) is 2.24. The van der Waals surface area contributed by atoms with Crippen molar-refractivity contribution in [3.8, 4) is 35.9 Å². The first-order valence-corrected chi connectivity index (χ1v) is 8.88. The van der Waals surface area contributed by atoms with E-state index in [1.165, 1.54) is 44.9 Å². The minimum Gasteiger partial charge on any atom is -0.125 e. The van der Waals surface area contributed by atoms with E-state index in [0.29, 0.717) is 0 Å². The molecular formula is C16H24Si. The van der Waals surface area contributed by atoms with E-state index in [2.05, 4.69) is 23.6 Å². The molecule has 0 unspecified atom stereocenters. The second-order valence-corrected chi connectivity index (χ2v) is 7.74. The van der Waals surface area contributed by atoms with Crippen molar-refractivity contribution in [1.29, 1.82) is 0 Å². The second kappa shape index (κ2) is 10.1. The van der Waals surface area contributed by atoms with Crippen molar-refractivity contribution in [1.82, 2.24) is 0 Å². The minimum atomic E-state index is -2.22. The van der Waals surface area contributed by atoms with Crippen LogP contribution in [0.25, 0.3) is 0 Å². The molecule has 0 aromatic rings. The van der Waals surface area contributed by atoms with Crippen LogP contribution in [0.15, 0.2) is 0 Å². The summed E-state index contributed by atoms with van der Waals surface area (Å²) >= 11 is 0. The SMILES string of the molecule is C#C[Si](C#C)(C#C)CCCCCCCCCC. The zero-order chi connectivity index (χ0) is 13.0. The molecule has 0 spiro atoms. The summed E-state index contributed by atoms with van der Waals surface area (Å²) in [6.07, 6.45) is 26.7. The molecule has 0 aromatic carbocycles. The fourth-order valence-corrected chi connectivity index (χ4v) is 3.33. The molecule has 0 saturated carbocycles. The summed E-state index contributed by atoms with van der Waals surface area (Å²) in [5.74, 6) is 0. The van der Waals surface area contributed by atoms with E-state index in [0.717, 1.165) is 12.5 Å². The van der Waals surface area contributed by atoms with Crippen LogP contribution in [-0.2, 0) is 0 Å². The Balaban J connectivity index is 3.56. The predicted molar refractivity (Wildman–Crippen MR) is 79.7 cm³/mol. The first-order chi connectivity index (χ1) is 8.24. The topological polar surface area (TPSA) is 0 Å². The van der Waals surface area contributed by atoms with Crippen molar-refractivity contribution in [2.75, 3.05) is 0 Å². The summed E-state index contributed by atoms with van der Waals surface area (Å²) in [5.41, 5.74) is 8.10. The van der Waals surface area contributed by atoms with Crippen molar-refractivity contribution in [3.05, 3.63) is 0 Å². The van der Waals surface area contributed by atoms with Crippen LogP contribution < -0.4 is 0 Å². The van der Waals surface area contributed by atoms with Crippen LogP contribution in [0.4, 0.5) is 0 Å². The Labute approximate surface area is 109 Å². The fraction of sp³-hybridized carbons (Fsp3) is 0.625. The quantitative estimate of drug-likeness (QED) is 0.325. The van der Waals surface area contributed by atoms with Gasteiger partial charge >= 0.3 is 0 Å². The molecule has 0 rings (SSSR count). The first kappa shape index (κ1) is 15.9. The van der Waals surface area contributed by atoms with Gasteiger partial charge in [0, 0.05) is 0 Å². The van der Waals surface area contributed by atoms with Gasteiger partial charge in [0.05, 0.1) is 0 Å². The predicted octanol–water partition coefficient (Wildman–Crippen LogP) is 4.09. The largest absolute Gasteiger partial charge is 0.289 e. The molecule has 0 atom stereocenters. The number of hydrogen-bond donors (Lipinski definition) is 0. The van der Waals surface area contributed by atoms with Crippen LogP contribution in [-0.4, -0.2) is 8.07 Å². The zero-order valence-corrected chi connectivity index (χ0v) is 12.1. The van der Waals surface area contributed by atoms with Crippen molar-refractivity contribution in [2.45, 2.75) is 64.3 Å². The normalized spacial score (nSPS) is 10.2. The molecule has 0 aromatic heterocycles. The monoisotopic (exact) mass is 244 g/mol. The highest BCUT2D eigenvalue weighted by molar-refractivity contribution is 7.00. The average molecular weight is 244 g/mol. The number of unbranched alkanes of at least 4 members (excludes halogenated alkanes) is 7. The Bertz CT molecular complexity index is 272. The van der Waals surface area contributed by atoms with Gasteiger partial charge in [-0.25, -0.2) is 0 Å². The lowest BCUT2D eigenvalue weighted by atomic mass is 10.1. The molecule has 0 heterocycles. The molecule has 0 fully saturated rings. The molecule has 1 heteroatoms. The van der Waals surface area contributed by atoms with Gasteiger partial charge in [-0.3, -0.25) is 0 Å². The number of rotatable bonds is 9. The smallest absolute Gasteiger partial charge is 0.125 e. The van der Waals surface area contributed by atoms with Crippen molar-refractivity contribution < 1.29 is 0 Å². The van der Waals surface area contributed by atoms with E-state index >= 15 is 0 Å². The second-order valence-electron chi connectivity index (χ2n) is 4.56. The molecule has 0 saturated heterocycles. The Morgan fingerprint density at radius 1 is 0.706 bits per heavy atom. The van der Waals surface area contributed by atoms with Crippen LogP contribution in [0.3, 0.4) is 0 Å². The Kier molecular flexibility index (Phi) is 9.42. The van der Waals surface area contributed by atoms with Gasteiger partial charge in [0.1, 0.15) is 0 Å². The molecule has 0 aliphatic heterocycles. The van der Waals surface area contributed by atoms with Crippen LogP contribution in [0.2, 0.25) is 6.04 Å². The van der Waals surface area contributed by atoms with Crippen LogP contribution >= 0.6 is 0 Å². The standard InChI is InChI=1S/C16H24Si/c1-5-9-10-11-12-13-14-15-16-17(6-2,7-3)8-4/h2-4H,5,9-16H2,1H3. The highest BCUT2D eigenvalue weighted by atomic mass is 28.3. The van der Waals surface area contributed by atoms with Crippen LogP contribution in [0.1, 0.15) is 58.3 Å². The Morgan fingerprint density at radius 3 is 1.53 bits per heavy atom. The number of hydrogen-bond acceptors (Lipinski definition) is 0. The maximum Gasteiger partial charge on any atom is 0.289 e. The third-order valence-corrected chi connectivity index (χ3v) is 5.73. The van der Waals surface area contributed by atoms with Gasteiger partial charge in [0.2, 0.25) is 0 Å². The van der Waals surface area contributed by atoms with Crippen molar-refractivity contribution in [2.24, 2.45) is 0 Å². The summed E-state index contributed by atoms with van der Waals surface area (Å²) in [7, 11) is -2.22. The summed E-state index contributed by atoms with van der Waals surface area (Å²) in [5, 5.41) is 0. The van der Waals surface area contributed by atoms with Crippen molar-refractivity contribution >= 4 is 8.07 Å². The molecule has 0 radical (unpaired) electrons. The summed E-state index contributed by atoms with van der Waals surface area (Å²) < 4.78 is 0. The van der Waals surface area contributed by atoms with E-state index in [1.807, 2.05) is 0 Å². The van der Waals surface area contributed by atoms with Crippen LogP contribution in [0.5, 0.6) is 0 Å². The van der Waals surface area contributed by atoms with Gasteiger partial charge in [-0.15, -0.1) is 35.9 Å². The minimum absolute atomic E-state index is 0.894. The molecule has 0 aliphatic rings. The van der Waals surface area contributed by atoms with Gasteiger partial charge < -0.3 is 0 Å². The van der Waals surface area contributed by atoms with Crippen molar-refractivity contribution in [3.63, 3.8) is 0 Å². The number of terminal acetylenes is 3. The van der Waals surface area contributed by atoms with E-state index < -0.39 is 8.07 Å². The molecule has 0 N–H and O–H groups in total. The Hall–Kier alpha value is -1.10. The zero-order valence-electron chi connectivity index (χ0n) is 11.1. The Morgan fingerprint density at radius 2 is 1.12 bits per heavy atom. The molecule has 92 valence electrons. The molecule has 0 nitrogen and oxygen atoms in total. The summed E-state index contributed by atoms with van der Waals surface area (Å²) in [4.78, 5) is 0. The molecule has 0 amide bonds. The van der Waals surface area contributed by atoms with E-state index in [4.69, 9.17) is 19.3 Å². The lowest BCUT2D eigenvalue weighted by Crippen LogP contribution is -2.29. The highest BCUT2D eigenvalue weighted by Crippen LogP contribution is 2.15. The molecule has 0 bridgehead atoms. The van der Waals surface area contributed by atoms with Gasteiger partial charge in [0.25, 0.3) is 8.07 Å². The maximum atomic E-state index is 5.45. The lowest BCUT2D eigenvalue weighted by Gasteiger charge is -2.11. The van der Waals surface area contributed by atoms with Crippen LogP contribution in [0, 0.1) is 35.9 Å². The lowest BCUT2D eigenvalue weighted by molar-refractivity contribution is 0.584. The molecule has 0 aliphatic carbocycles. The third kappa shape index (κ3) is 6.94. The van der Waals surface area contributed by atoms with Gasteiger partial charge in [-0.05, 0) is 6.04 Å². The molecular weight excluding hydrogens is 220 g/mol. The van der Waals surface area contributed by atoms with E-state index in [1.54, 1.807) is 0 Å². The van der Waals surface area contributed by atoms with Gasteiger partial charge in [0.15, 0.2) is 0 Å². The van der Waals surface area contributed by atoms with Gasteiger partial charge in [-0.1, -0.05) is 58.3 Å². The maximum absolute atomic E-state index is 5.45. The first-order valence-electron chi connectivity index (χ1n) is 6.68. The fourth-order valence-electron chi connectivity index (χ4n) is 1.87. The van der Waals surface area contributed by atoms with E-state index in [9.17, 15) is 0 Å². The summed E-state index contributed by atoms with van der Waals surface area (Å²) in [6, 6.07) is 0.894. The third-order valence-electron chi connectivity index (χ3n) is 3.14. The average Bonchev–Trinajstić information content (AvgIpc) is 2.38. The van der Waals surface area contributed by atoms with E-state index in [-0.39, 0.29) is 0 Å². The molecule has 17 heavy (non-hydrogen) atoms. The highest BCUT2D eigenvalue weighted by Gasteiger charge is 2.25. The van der Waals surface area contributed by atoms with Gasteiger partial charge in [-0.2, -0.15) is 0 Å².